The molecule has 0 spiro atoms. The number of halogens is 3. The molecule has 6 heteroatoms. The average Bonchev–Trinajstić information content (AvgIpc) is 2.61. The van der Waals surface area contributed by atoms with Crippen molar-refractivity contribution in [2.45, 2.75) is 39.3 Å². The first-order valence-electron chi connectivity index (χ1n) is 8.49. The van der Waals surface area contributed by atoms with E-state index in [1.807, 2.05) is 13.8 Å². The number of rotatable bonds is 8. The van der Waals surface area contributed by atoms with Gasteiger partial charge in [-0.05, 0) is 55.7 Å². The minimum absolute atomic E-state index is 0.0165. The van der Waals surface area contributed by atoms with Gasteiger partial charge in [-0.2, -0.15) is 8.78 Å². The predicted octanol–water partition coefficient (Wildman–Crippen LogP) is 4.97. The van der Waals surface area contributed by atoms with E-state index in [1.165, 1.54) is 24.3 Å². The Balaban J connectivity index is 1.95. The lowest BCUT2D eigenvalue weighted by atomic mass is 10.0. The first-order chi connectivity index (χ1) is 12.4. The molecule has 0 saturated carbocycles. The molecule has 2 aromatic rings. The van der Waals surface area contributed by atoms with Gasteiger partial charge in [-0.15, -0.1) is 0 Å². The van der Waals surface area contributed by atoms with Crippen LogP contribution in [-0.4, -0.2) is 24.0 Å². The fourth-order valence-electron chi connectivity index (χ4n) is 2.82. The van der Waals surface area contributed by atoms with Gasteiger partial charge >= 0.3 is 6.61 Å². The summed E-state index contributed by atoms with van der Waals surface area (Å²) in [7, 11) is 0. The summed E-state index contributed by atoms with van der Waals surface area (Å²) in [6.07, 6.45) is 0.800. The summed E-state index contributed by atoms with van der Waals surface area (Å²) in [6.45, 7) is 1.49. The highest BCUT2D eigenvalue weighted by Gasteiger charge is 2.19. The maximum absolute atomic E-state index is 13.1. The van der Waals surface area contributed by atoms with Crippen molar-refractivity contribution in [3.63, 3.8) is 0 Å². The summed E-state index contributed by atoms with van der Waals surface area (Å²) < 4.78 is 41.7. The van der Waals surface area contributed by atoms with Crippen LogP contribution in [0.3, 0.4) is 0 Å². The molecule has 0 saturated heterocycles. The highest BCUT2D eigenvalue weighted by Crippen LogP contribution is 2.22. The van der Waals surface area contributed by atoms with E-state index >= 15 is 0 Å². The van der Waals surface area contributed by atoms with Gasteiger partial charge in [-0.25, -0.2) is 4.39 Å². The molecule has 0 heterocycles. The molecule has 0 aromatic heterocycles. The fraction of sp³-hybridized carbons (Fsp3) is 0.350. The third kappa shape index (κ3) is 5.51. The molecule has 3 nitrogen and oxygen atoms in total. The molecule has 0 aliphatic rings. The van der Waals surface area contributed by atoms with Gasteiger partial charge in [0.1, 0.15) is 11.6 Å². The Morgan fingerprint density at radius 1 is 1.08 bits per heavy atom. The molecular formula is C20H22F3NO2. The Kier molecular flexibility index (Phi) is 7.06. The smallest absolute Gasteiger partial charge is 0.387 e. The largest absolute Gasteiger partial charge is 0.435 e. The van der Waals surface area contributed by atoms with E-state index in [0.29, 0.717) is 19.4 Å². The van der Waals surface area contributed by atoms with Gasteiger partial charge in [-0.1, -0.05) is 24.3 Å². The van der Waals surface area contributed by atoms with Gasteiger partial charge in [0.05, 0.1) is 6.04 Å². The number of nitrogens with zero attached hydrogens (tertiary/aromatic N) is 1. The molecule has 0 radical (unpaired) electrons. The number of hydrogen-bond donors (Lipinski definition) is 0. The Labute approximate surface area is 151 Å². The van der Waals surface area contributed by atoms with E-state index in [4.69, 9.17) is 0 Å². The van der Waals surface area contributed by atoms with Crippen LogP contribution in [0, 0.1) is 5.82 Å². The lowest BCUT2D eigenvalue weighted by molar-refractivity contribution is -0.133. The lowest BCUT2D eigenvalue weighted by Crippen LogP contribution is -2.33. The molecule has 140 valence electrons. The van der Waals surface area contributed by atoms with Crippen molar-refractivity contribution < 1.29 is 22.7 Å². The van der Waals surface area contributed by atoms with Gasteiger partial charge in [0, 0.05) is 13.0 Å². The normalized spacial score (nSPS) is 12.1. The van der Waals surface area contributed by atoms with Gasteiger partial charge in [0.2, 0.25) is 5.91 Å². The van der Waals surface area contributed by atoms with Gasteiger partial charge in [0.15, 0.2) is 0 Å². The minimum atomic E-state index is -2.85. The first kappa shape index (κ1) is 19.8. The number of ether oxygens (including phenoxy) is 1. The van der Waals surface area contributed by atoms with Crippen molar-refractivity contribution in [3.05, 3.63) is 65.5 Å². The summed E-state index contributed by atoms with van der Waals surface area (Å²) in [5, 5.41) is 0. The van der Waals surface area contributed by atoms with E-state index in [0.717, 1.165) is 11.1 Å². The topological polar surface area (TPSA) is 29.5 Å². The van der Waals surface area contributed by atoms with E-state index in [1.54, 1.807) is 29.2 Å². The molecule has 2 rings (SSSR count). The third-order valence-electron chi connectivity index (χ3n) is 4.26. The van der Waals surface area contributed by atoms with Crippen LogP contribution in [0.15, 0.2) is 48.5 Å². The summed E-state index contributed by atoms with van der Waals surface area (Å²) in [5.41, 5.74) is 1.74. The van der Waals surface area contributed by atoms with E-state index in [2.05, 4.69) is 4.74 Å². The Morgan fingerprint density at radius 3 is 2.23 bits per heavy atom. The second kappa shape index (κ2) is 9.27. The van der Waals surface area contributed by atoms with Crippen LogP contribution in [0.1, 0.15) is 37.4 Å². The standard InChI is InChI=1S/C20H22F3NO2/c1-3-24(14(2)16-7-9-17(21)10-8-16)19(25)13-6-15-4-11-18(12-5-15)26-20(22)23/h4-5,7-12,14,20H,3,6,13H2,1-2H3. The van der Waals surface area contributed by atoms with Crippen LogP contribution in [0.2, 0.25) is 0 Å². The van der Waals surface area contributed by atoms with Crippen molar-refractivity contribution in [3.8, 4) is 5.75 Å². The van der Waals surface area contributed by atoms with Crippen LogP contribution in [0.4, 0.5) is 13.2 Å². The van der Waals surface area contributed by atoms with Gasteiger partial charge in [0.25, 0.3) is 0 Å². The monoisotopic (exact) mass is 365 g/mol. The second-order valence-electron chi connectivity index (χ2n) is 5.93. The second-order valence-corrected chi connectivity index (χ2v) is 5.93. The molecule has 1 amide bonds. The molecule has 0 aliphatic heterocycles. The lowest BCUT2D eigenvalue weighted by Gasteiger charge is -2.28. The Bertz CT molecular complexity index is 702. The number of alkyl halides is 2. The molecule has 1 atom stereocenters. The third-order valence-corrected chi connectivity index (χ3v) is 4.26. The van der Waals surface area contributed by atoms with Gasteiger partial charge in [-0.3, -0.25) is 4.79 Å². The zero-order valence-corrected chi connectivity index (χ0v) is 14.8. The summed E-state index contributed by atoms with van der Waals surface area (Å²) in [6, 6.07) is 12.2. The molecule has 2 aromatic carbocycles. The predicted molar refractivity (Wildman–Crippen MR) is 93.6 cm³/mol. The highest BCUT2D eigenvalue weighted by molar-refractivity contribution is 5.77. The number of benzene rings is 2. The van der Waals surface area contributed by atoms with Gasteiger partial charge < -0.3 is 9.64 Å². The van der Waals surface area contributed by atoms with Crippen LogP contribution in [0.25, 0.3) is 0 Å². The molecule has 1 unspecified atom stereocenters. The first-order valence-corrected chi connectivity index (χ1v) is 8.49. The van der Waals surface area contributed by atoms with Crippen molar-refractivity contribution in [2.75, 3.05) is 6.54 Å². The van der Waals surface area contributed by atoms with Crippen LogP contribution in [-0.2, 0) is 11.2 Å². The molecule has 0 N–H and O–H groups in total. The van der Waals surface area contributed by atoms with Crippen molar-refractivity contribution in [1.29, 1.82) is 0 Å². The number of hydrogen-bond acceptors (Lipinski definition) is 2. The summed E-state index contributed by atoms with van der Waals surface area (Å²) in [5.74, 6) is -0.234. The SMILES string of the molecule is CCN(C(=O)CCc1ccc(OC(F)F)cc1)C(C)c1ccc(F)cc1. The fourth-order valence-corrected chi connectivity index (χ4v) is 2.82. The van der Waals surface area contributed by atoms with E-state index in [-0.39, 0.29) is 23.5 Å². The number of carbonyl (C=O) groups is 1. The summed E-state index contributed by atoms with van der Waals surface area (Å²) in [4.78, 5) is 14.3. The quantitative estimate of drug-likeness (QED) is 0.661. The Hall–Kier alpha value is -2.50. The highest BCUT2D eigenvalue weighted by atomic mass is 19.3. The van der Waals surface area contributed by atoms with E-state index < -0.39 is 6.61 Å². The molecule has 0 fully saturated rings. The summed E-state index contributed by atoms with van der Waals surface area (Å²) >= 11 is 0. The van der Waals surface area contributed by atoms with Crippen molar-refractivity contribution in [1.82, 2.24) is 4.90 Å². The van der Waals surface area contributed by atoms with E-state index in [9.17, 15) is 18.0 Å². The zero-order chi connectivity index (χ0) is 19.1. The zero-order valence-electron chi connectivity index (χ0n) is 14.8. The maximum Gasteiger partial charge on any atom is 0.387 e. The number of carbonyl (C=O) groups excluding carboxylic acids is 1. The molecular weight excluding hydrogens is 343 g/mol. The van der Waals surface area contributed by atoms with Crippen molar-refractivity contribution >= 4 is 5.91 Å². The number of amides is 1. The molecule has 0 bridgehead atoms. The molecule has 0 aliphatic carbocycles. The van der Waals surface area contributed by atoms with Crippen LogP contribution >= 0.6 is 0 Å². The minimum Gasteiger partial charge on any atom is -0.435 e. The number of aryl methyl sites for hydroxylation is 1. The van der Waals surface area contributed by atoms with Crippen LogP contribution in [0.5, 0.6) is 5.75 Å². The maximum atomic E-state index is 13.1. The Morgan fingerprint density at radius 2 is 1.69 bits per heavy atom. The van der Waals surface area contributed by atoms with Crippen LogP contribution < -0.4 is 4.74 Å². The molecule has 26 heavy (non-hydrogen) atoms. The average molecular weight is 365 g/mol. The van der Waals surface area contributed by atoms with Crippen molar-refractivity contribution in [2.24, 2.45) is 0 Å².